The Labute approximate surface area is 261 Å². The second kappa shape index (κ2) is 20.4. The van der Waals surface area contributed by atoms with Gasteiger partial charge in [0.05, 0.1) is 6.61 Å². The summed E-state index contributed by atoms with van der Waals surface area (Å²) in [5, 5.41) is 0. The summed E-state index contributed by atoms with van der Waals surface area (Å²) in [6, 6.07) is 16.7. The van der Waals surface area contributed by atoms with Gasteiger partial charge in [0.15, 0.2) is 0 Å². The molecule has 3 nitrogen and oxygen atoms in total. The van der Waals surface area contributed by atoms with E-state index < -0.39 is 8.60 Å². The van der Waals surface area contributed by atoms with Crippen molar-refractivity contribution in [2.45, 2.75) is 162 Å². The van der Waals surface area contributed by atoms with E-state index in [2.05, 4.69) is 72.7 Å². The molecule has 2 aromatic rings. The Hall–Kier alpha value is -1.57. The minimum absolute atomic E-state index is 0.109. The van der Waals surface area contributed by atoms with Crippen LogP contribution in [-0.4, -0.2) is 6.61 Å². The van der Waals surface area contributed by atoms with Gasteiger partial charge in [-0.05, 0) is 52.6 Å². The predicted molar refractivity (Wildman–Crippen MR) is 184 cm³/mol. The summed E-state index contributed by atoms with van der Waals surface area (Å²) in [5.74, 6) is 1.57. The highest BCUT2D eigenvalue weighted by atomic mass is 31.2. The molecule has 0 aromatic heterocycles. The molecule has 0 spiro atoms. The van der Waals surface area contributed by atoms with E-state index in [9.17, 15) is 0 Å². The molecule has 0 aliphatic heterocycles. The van der Waals surface area contributed by atoms with Gasteiger partial charge in [-0.3, -0.25) is 4.52 Å². The van der Waals surface area contributed by atoms with Gasteiger partial charge in [0.1, 0.15) is 11.5 Å². The average molecular weight is 599 g/mol. The third-order valence-corrected chi connectivity index (χ3v) is 9.11. The predicted octanol–water partition coefficient (Wildman–Crippen LogP) is 13.2. The highest BCUT2D eigenvalue weighted by Crippen LogP contribution is 2.42. The molecular weight excluding hydrogens is 535 g/mol. The molecule has 0 radical (unpaired) electrons. The van der Waals surface area contributed by atoms with Gasteiger partial charge in [-0.15, -0.1) is 0 Å². The highest BCUT2D eigenvalue weighted by Gasteiger charge is 2.20. The molecule has 0 atom stereocenters. The van der Waals surface area contributed by atoms with Crippen LogP contribution in [-0.2, 0) is 15.4 Å². The summed E-state index contributed by atoms with van der Waals surface area (Å²) in [6.45, 7) is 16.3. The van der Waals surface area contributed by atoms with E-state index in [0.29, 0.717) is 6.61 Å². The monoisotopic (exact) mass is 598 g/mol. The third kappa shape index (κ3) is 16.3. The van der Waals surface area contributed by atoms with Gasteiger partial charge in [0.2, 0.25) is 0 Å². The van der Waals surface area contributed by atoms with E-state index in [-0.39, 0.29) is 10.8 Å². The van der Waals surface area contributed by atoms with Crippen LogP contribution in [0.25, 0.3) is 0 Å². The molecule has 0 saturated heterocycles. The lowest BCUT2D eigenvalue weighted by atomic mass is 9.87. The highest BCUT2D eigenvalue weighted by molar-refractivity contribution is 7.42. The van der Waals surface area contributed by atoms with E-state index in [1.807, 2.05) is 24.3 Å². The summed E-state index contributed by atoms with van der Waals surface area (Å²) in [6.07, 6.45) is 21.8. The molecule has 0 unspecified atom stereocenters. The molecule has 0 heterocycles. The van der Waals surface area contributed by atoms with E-state index >= 15 is 0 Å². The van der Waals surface area contributed by atoms with Gasteiger partial charge in [-0.1, -0.05) is 169 Å². The van der Waals surface area contributed by atoms with Crippen molar-refractivity contribution in [2.24, 2.45) is 0 Å². The van der Waals surface area contributed by atoms with Crippen molar-refractivity contribution >= 4 is 8.60 Å². The zero-order valence-corrected chi connectivity index (χ0v) is 29.2. The van der Waals surface area contributed by atoms with Crippen molar-refractivity contribution in [3.8, 4) is 11.5 Å². The van der Waals surface area contributed by atoms with Gasteiger partial charge < -0.3 is 9.05 Å². The zero-order chi connectivity index (χ0) is 30.7. The average Bonchev–Trinajstić information content (AvgIpc) is 2.94. The van der Waals surface area contributed by atoms with Crippen LogP contribution in [0.15, 0.2) is 48.5 Å². The van der Waals surface area contributed by atoms with Crippen LogP contribution in [0.2, 0.25) is 0 Å². The topological polar surface area (TPSA) is 27.7 Å². The third-order valence-electron chi connectivity index (χ3n) is 8.00. The molecule has 0 aliphatic rings. The Morgan fingerprint density at radius 3 is 1.07 bits per heavy atom. The second-order valence-corrected chi connectivity index (χ2v) is 15.2. The molecule has 0 fully saturated rings. The summed E-state index contributed by atoms with van der Waals surface area (Å²) in [5.41, 5.74) is 2.79. The molecule has 0 bridgehead atoms. The van der Waals surface area contributed by atoms with E-state index in [1.165, 1.54) is 107 Å². The molecule has 238 valence electrons. The van der Waals surface area contributed by atoms with Gasteiger partial charge in [-0.25, -0.2) is 0 Å². The maximum Gasteiger partial charge on any atom is 0.463 e. The van der Waals surface area contributed by atoms with Crippen molar-refractivity contribution in [2.75, 3.05) is 6.61 Å². The normalized spacial score (nSPS) is 12.2. The minimum atomic E-state index is -1.53. The molecule has 0 saturated carbocycles. The molecule has 0 aliphatic carbocycles. The minimum Gasteiger partial charge on any atom is -0.418 e. The summed E-state index contributed by atoms with van der Waals surface area (Å²) < 4.78 is 18.7. The van der Waals surface area contributed by atoms with E-state index in [0.717, 1.165) is 17.9 Å². The van der Waals surface area contributed by atoms with Crippen molar-refractivity contribution in [1.29, 1.82) is 0 Å². The quantitative estimate of drug-likeness (QED) is 0.0996. The van der Waals surface area contributed by atoms with Gasteiger partial charge in [-0.2, -0.15) is 0 Å². The van der Waals surface area contributed by atoms with E-state index in [4.69, 9.17) is 13.6 Å². The first kappa shape index (κ1) is 36.6. The first-order valence-electron chi connectivity index (χ1n) is 17.1. The zero-order valence-electron chi connectivity index (χ0n) is 28.3. The maximum absolute atomic E-state index is 6.23. The number of rotatable bonds is 22. The Kier molecular flexibility index (Phi) is 17.8. The number of hydrogen-bond acceptors (Lipinski definition) is 3. The molecule has 42 heavy (non-hydrogen) atoms. The summed E-state index contributed by atoms with van der Waals surface area (Å²) in [4.78, 5) is 0. The van der Waals surface area contributed by atoms with Gasteiger partial charge >= 0.3 is 8.60 Å². The molecule has 0 N–H and O–H groups in total. The van der Waals surface area contributed by atoms with Crippen LogP contribution in [0.5, 0.6) is 11.5 Å². The van der Waals surface area contributed by atoms with E-state index in [1.54, 1.807) is 0 Å². The fourth-order valence-corrected chi connectivity index (χ4v) is 6.07. The number of hydrogen-bond donors (Lipinski definition) is 0. The van der Waals surface area contributed by atoms with Crippen molar-refractivity contribution in [3.63, 3.8) is 0 Å². The van der Waals surface area contributed by atoms with Crippen LogP contribution in [0.4, 0.5) is 0 Å². The van der Waals surface area contributed by atoms with Crippen LogP contribution in [0.3, 0.4) is 0 Å². The molecular formula is C38H63O3P. The van der Waals surface area contributed by atoms with Crippen molar-refractivity contribution < 1.29 is 13.6 Å². The Balaban J connectivity index is 1.67. The Morgan fingerprint density at radius 2 is 0.762 bits per heavy atom. The molecule has 0 amide bonds. The smallest absolute Gasteiger partial charge is 0.418 e. The Bertz CT molecular complexity index is 865. The molecule has 4 heteroatoms. The first-order valence-corrected chi connectivity index (χ1v) is 18.2. The maximum atomic E-state index is 6.23. The largest absolute Gasteiger partial charge is 0.463 e. The number of unbranched alkanes of at least 4 members (excludes halogenated alkanes) is 15. The van der Waals surface area contributed by atoms with Crippen LogP contribution in [0, 0.1) is 0 Å². The lowest BCUT2D eigenvalue weighted by Crippen LogP contribution is -2.10. The summed E-state index contributed by atoms with van der Waals surface area (Å²) in [7, 11) is -1.53. The van der Waals surface area contributed by atoms with Crippen LogP contribution < -0.4 is 9.05 Å². The Morgan fingerprint density at radius 1 is 0.452 bits per heavy atom. The fraction of sp³-hybridized carbons (Fsp3) is 0.684. The second-order valence-electron chi connectivity index (χ2n) is 14.1. The summed E-state index contributed by atoms with van der Waals surface area (Å²) >= 11 is 0. The molecule has 2 rings (SSSR count). The standard InChI is InChI=1S/C38H63O3P/c1-8-9-10-11-12-13-14-15-16-17-18-19-20-21-22-23-32-39-42(40-35-28-24-33(25-29-35)37(2,3)4)41-36-30-26-34(27-31-36)38(5,6)7/h24-31H,8-23,32H2,1-7H3. The lowest BCUT2D eigenvalue weighted by molar-refractivity contribution is 0.258. The molecule has 2 aromatic carbocycles. The van der Waals surface area contributed by atoms with Gasteiger partial charge in [0, 0.05) is 0 Å². The van der Waals surface area contributed by atoms with Crippen LogP contribution in [0.1, 0.15) is 162 Å². The fourth-order valence-electron chi connectivity index (χ4n) is 5.06. The van der Waals surface area contributed by atoms with Crippen molar-refractivity contribution in [3.05, 3.63) is 59.7 Å². The first-order chi connectivity index (χ1) is 20.1. The van der Waals surface area contributed by atoms with Crippen LogP contribution >= 0.6 is 8.60 Å². The van der Waals surface area contributed by atoms with Gasteiger partial charge in [0.25, 0.3) is 0 Å². The van der Waals surface area contributed by atoms with Crippen molar-refractivity contribution in [1.82, 2.24) is 0 Å². The SMILES string of the molecule is CCCCCCCCCCCCCCCCCCOP(Oc1ccc(C(C)(C)C)cc1)Oc1ccc(C(C)(C)C)cc1. The number of benzene rings is 2. The lowest BCUT2D eigenvalue weighted by Gasteiger charge is -2.21.